The van der Waals surface area contributed by atoms with Gasteiger partial charge in [-0.2, -0.15) is 10.5 Å². The first kappa shape index (κ1) is 21.1. The number of Topliss-reactive ketones (excluding diaryl/α,β-unsaturated/α-hetero) is 1. The number of fused-ring (bicyclic) bond motifs is 1. The summed E-state index contributed by atoms with van der Waals surface area (Å²) in [4.78, 5) is 28.0. The number of carboxylic acid groups (broad SMARTS) is 1. The summed E-state index contributed by atoms with van der Waals surface area (Å²) in [6.45, 7) is 1.28. The van der Waals surface area contributed by atoms with Gasteiger partial charge in [-0.25, -0.2) is 18.6 Å². The van der Waals surface area contributed by atoms with Gasteiger partial charge in [0, 0.05) is 28.2 Å². The number of hydrogen-bond acceptors (Lipinski definition) is 3. The van der Waals surface area contributed by atoms with Crippen LogP contribution >= 0.6 is 22.1 Å². The van der Waals surface area contributed by atoms with E-state index in [0.29, 0.717) is 22.4 Å². The predicted octanol–water partition coefficient (Wildman–Crippen LogP) is 4.38. The number of nitrogens with zero attached hydrogens (tertiary/aromatic N) is 2. The molecule has 0 aliphatic heterocycles. The highest BCUT2D eigenvalue weighted by molar-refractivity contribution is 8.14. The predicted molar refractivity (Wildman–Crippen MR) is 111 cm³/mol. The Morgan fingerprint density at radius 3 is 2.62 bits per heavy atom. The number of carbonyl (C=O) groups is 2. The molecule has 0 aliphatic rings. The maximum absolute atomic E-state index is 14.9. The van der Waals surface area contributed by atoms with Gasteiger partial charge < -0.3 is 9.51 Å². The molecule has 2 heterocycles. The van der Waals surface area contributed by atoms with E-state index in [1.54, 1.807) is 28.1 Å². The SMILES string of the molecule is Cc1c(F)c(C(=O)O)cc(F)c1-c1nc2cc(Cl)ccn2c1CC(=O)C=S(C)C. The van der Waals surface area contributed by atoms with E-state index in [2.05, 4.69) is 4.98 Å². The van der Waals surface area contributed by atoms with Crippen molar-refractivity contribution in [3.8, 4) is 11.3 Å². The van der Waals surface area contributed by atoms with Crippen molar-refractivity contribution in [2.75, 3.05) is 12.5 Å². The molecule has 1 aromatic carbocycles. The van der Waals surface area contributed by atoms with Crippen LogP contribution in [0.25, 0.3) is 16.9 Å². The maximum atomic E-state index is 14.9. The molecular weight excluding hydrogens is 422 g/mol. The Morgan fingerprint density at radius 1 is 1.31 bits per heavy atom. The lowest BCUT2D eigenvalue weighted by molar-refractivity contribution is -0.111. The van der Waals surface area contributed by atoms with Crippen LogP contribution < -0.4 is 0 Å². The van der Waals surface area contributed by atoms with Gasteiger partial charge in [-0.05, 0) is 37.1 Å². The summed E-state index contributed by atoms with van der Waals surface area (Å²) in [5, 5.41) is 11.1. The summed E-state index contributed by atoms with van der Waals surface area (Å²) in [5.74, 6) is -3.73. The number of aromatic carboxylic acids is 1. The van der Waals surface area contributed by atoms with Gasteiger partial charge in [0.1, 0.15) is 17.3 Å². The van der Waals surface area contributed by atoms with Gasteiger partial charge in [0.25, 0.3) is 0 Å². The Hall–Kier alpha value is -2.58. The molecule has 1 N–H and O–H groups in total. The summed E-state index contributed by atoms with van der Waals surface area (Å²) in [7, 11) is -0.241. The van der Waals surface area contributed by atoms with Gasteiger partial charge >= 0.3 is 5.97 Å². The van der Waals surface area contributed by atoms with Crippen LogP contribution in [-0.2, 0) is 11.2 Å². The smallest absolute Gasteiger partial charge is 0.338 e. The molecule has 0 bridgehead atoms. The normalized spacial score (nSPS) is 11.3. The lowest BCUT2D eigenvalue weighted by Gasteiger charge is -2.11. The van der Waals surface area contributed by atoms with Crippen LogP contribution in [0.4, 0.5) is 8.78 Å². The lowest BCUT2D eigenvalue weighted by Crippen LogP contribution is -2.10. The number of halogens is 3. The van der Waals surface area contributed by atoms with Crippen molar-refractivity contribution in [1.82, 2.24) is 9.38 Å². The zero-order valence-electron chi connectivity index (χ0n) is 15.8. The minimum Gasteiger partial charge on any atom is -0.478 e. The monoisotopic (exact) mass is 438 g/mol. The molecule has 0 unspecified atom stereocenters. The van der Waals surface area contributed by atoms with Gasteiger partial charge in [0.05, 0.1) is 23.4 Å². The van der Waals surface area contributed by atoms with Gasteiger partial charge in [-0.3, -0.25) is 4.79 Å². The quantitative estimate of drug-likeness (QED) is 0.600. The minimum atomic E-state index is -1.57. The van der Waals surface area contributed by atoms with E-state index in [4.69, 9.17) is 16.7 Å². The third-order valence-electron chi connectivity index (χ3n) is 4.31. The number of benzene rings is 1. The van der Waals surface area contributed by atoms with E-state index >= 15 is 0 Å². The zero-order chi connectivity index (χ0) is 21.5. The topological polar surface area (TPSA) is 71.7 Å². The number of imidazole rings is 1. The van der Waals surface area contributed by atoms with Gasteiger partial charge in [0.2, 0.25) is 0 Å². The fourth-order valence-corrected chi connectivity index (χ4v) is 3.87. The molecular formula is C20H17ClF2N2O3S. The van der Waals surface area contributed by atoms with Crippen molar-refractivity contribution in [3.63, 3.8) is 0 Å². The first-order valence-electron chi connectivity index (χ1n) is 8.43. The van der Waals surface area contributed by atoms with E-state index in [0.717, 1.165) is 0 Å². The minimum absolute atomic E-state index is 0.0759. The van der Waals surface area contributed by atoms with Gasteiger partial charge in [-0.15, -0.1) is 0 Å². The molecule has 152 valence electrons. The molecule has 9 heteroatoms. The highest BCUT2D eigenvalue weighted by atomic mass is 35.5. The molecule has 0 fully saturated rings. The molecule has 2 aromatic heterocycles. The number of aromatic nitrogens is 2. The molecule has 0 spiro atoms. The summed E-state index contributed by atoms with van der Waals surface area (Å²) in [6, 6.07) is 3.77. The molecule has 0 atom stereocenters. The van der Waals surface area contributed by atoms with Crippen LogP contribution in [-0.4, -0.2) is 44.1 Å². The summed E-state index contributed by atoms with van der Waals surface area (Å²) >= 11 is 6.02. The van der Waals surface area contributed by atoms with Crippen molar-refractivity contribution in [2.45, 2.75) is 13.3 Å². The molecule has 0 aliphatic carbocycles. The fourth-order valence-electron chi connectivity index (χ4n) is 3.11. The molecule has 29 heavy (non-hydrogen) atoms. The van der Waals surface area contributed by atoms with Crippen molar-refractivity contribution >= 4 is 44.9 Å². The second-order valence-corrected chi connectivity index (χ2v) is 9.08. The lowest BCUT2D eigenvalue weighted by atomic mass is 9.98. The number of carboxylic acids is 1. The van der Waals surface area contributed by atoms with Crippen LogP contribution in [0, 0.1) is 18.6 Å². The van der Waals surface area contributed by atoms with E-state index in [9.17, 15) is 18.4 Å². The molecule has 0 radical (unpaired) electrons. The number of hydrogen-bond donors (Lipinski definition) is 1. The molecule has 0 saturated heterocycles. The maximum Gasteiger partial charge on any atom is 0.338 e. The van der Waals surface area contributed by atoms with Crippen LogP contribution in [0.1, 0.15) is 21.6 Å². The third-order valence-corrected chi connectivity index (χ3v) is 5.28. The summed E-state index contributed by atoms with van der Waals surface area (Å²) in [6.07, 6.45) is 5.29. The third kappa shape index (κ3) is 4.09. The van der Waals surface area contributed by atoms with Gasteiger partial charge in [0.15, 0.2) is 5.78 Å². The van der Waals surface area contributed by atoms with E-state index < -0.39 is 23.2 Å². The number of pyridine rings is 1. The molecule has 3 rings (SSSR count). The second kappa shape index (κ2) is 8.04. The summed E-state index contributed by atoms with van der Waals surface area (Å²) in [5.41, 5.74) is -0.325. The average molecular weight is 439 g/mol. The van der Waals surface area contributed by atoms with Crippen molar-refractivity contribution < 1.29 is 23.5 Å². The number of rotatable bonds is 5. The van der Waals surface area contributed by atoms with Crippen LogP contribution in [0.5, 0.6) is 0 Å². The molecule has 0 amide bonds. The number of carbonyl (C=O) groups excluding carboxylic acids is 1. The zero-order valence-corrected chi connectivity index (χ0v) is 17.4. The Labute approximate surface area is 172 Å². The van der Waals surface area contributed by atoms with E-state index in [1.807, 2.05) is 12.5 Å². The average Bonchev–Trinajstić information content (AvgIpc) is 2.94. The second-order valence-electron chi connectivity index (χ2n) is 6.65. The standard InChI is InChI=1S/C20H17ClF2N2O3S/c1-10-17(14(22)8-13(18(10)23)20(27)28)19-15(7-12(26)9-29(2)3)25-5-4-11(21)6-16(25)24-19/h4-6,8-9H,7H2,1-3H3,(H,27,28). The molecule has 3 aromatic rings. The first-order valence-corrected chi connectivity index (χ1v) is 10.9. The highest BCUT2D eigenvalue weighted by Gasteiger charge is 2.25. The Bertz CT molecular complexity index is 1200. The fraction of sp³-hybridized carbons (Fsp3) is 0.200. The molecule has 5 nitrogen and oxygen atoms in total. The van der Waals surface area contributed by atoms with E-state index in [1.165, 1.54) is 6.92 Å². The summed E-state index contributed by atoms with van der Waals surface area (Å²) < 4.78 is 31.1. The van der Waals surface area contributed by atoms with Crippen molar-refractivity contribution in [1.29, 1.82) is 0 Å². The number of ketones is 1. The van der Waals surface area contributed by atoms with E-state index in [-0.39, 0.29) is 39.5 Å². The Morgan fingerprint density at radius 2 is 2.00 bits per heavy atom. The van der Waals surface area contributed by atoms with Gasteiger partial charge in [-0.1, -0.05) is 11.6 Å². The van der Waals surface area contributed by atoms with Crippen LogP contribution in [0.3, 0.4) is 0 Å². The Balaban J connectivity index is 2.31. The Kier molecular flexibility index (Phi) is 5.86. The largest absolute Gasteiger partial charge is 0.478 e. The van der Waals surface area contributed by atoms with Crippen molar-refractivity contribution in [3.05, 3.63) is 57.9 Å². The van der Waals surface area contributed by atoms with Crippen LogP contribution in [0.15, 0.2) is 24.4 Å². The highest BCUT2D eigenvalue weighted by Crippen LogP contribution is 2.33. The van der Waals surface area contributed by atoms with Crippen molar-refractivity contribution in [2.24, 2.45) is 0 Å². The first-order chi connectivity index (χ1) is 13.6. The van der Waals surface area contributed by atoms with Crippen LogP contribution in [0.2, 0.25) is 5.02 Å². The molecule has 0 saturated carbocycles.